The summed E-state index contributed by atoms with van der Waals surface area (Å²) < 4.78 is 45.2. The third-order valence-corrected chi connectivity index (χ3v) is 4.47. The lowest BCUT2D eigenvalue weighted by Gasteiger charge is -2.11. The molecule has 0 aliphatic carbocycles. The fourth-order valence-electron chi connectivity index (χ4n) is 1.85. The highest BCUT2D eigenvalue weighted by molar-refractivity contribution is 7.92. The number of benzene rings is 2. The van der Waals surface area contributed by atoms with E-state index in [0.29, 0.717) is 5.56 Å². The number of non-ortho nitro benzene ring substituents is 1. The van der Waals surface area contributed by atoms with Crippen LogP contribution in [0, 0.1) is 22.9 Å². The molecule has 0 saturated heterocycles. The fraction of sp³-hybridized carbons (Fsp3) is 0.143. The quantitative estimate of drug-likeness (QED) is 0.666. The zero-order valence-electron chi connectivity index (χ0n) is 12.2. The van der Waals surface area contributed by atoms with E-state index in [0.717, 1.165) is 12.1 Å². The number of halogens is 1. The molecule has 2 aromatic carbocycles. The number of sulfonamides is 1. The molecule has 0 saturated carbocycles. The van der Waals surface area contributed by atoms with Crippen LogP contribution < -0.4 is 9.46 Å². The molecule has 0 spiro atoms. The van der Waals surface area contributed by atoms with E-state index in [4.69, 9.17) is 4.74 Å². The van der Waals surface area contributed by atoms with Gasteiger partial charge in [0.15, 0.2) is 11.6 Å². The van der Waals surface area contributed by atoms with Gasteiger partial charge in [0.05, 0.1) is 22.6 Å². The molecule has 2 aromatic rings. The van der Waals surface area contributed by atoms with Crippen molar-refractivity contribution >= 4 is 21.4 Å². The molecule has 0 atom stereocenters. The van der Waals surface area contributed by atoms with E-state index in [1.54, 1.807) is 6.92 Å². The molecule has 0 bridgehead atoms. The number of nitrogens with one attached hydrogen (secondary N) is 1. The van der Waals surface area contributed by atoms with Gasteiger partial charge in [0.25, 0.3) is 15.7 Å². The van der Waals surface area contributed by atoms with Gasteiger partial charge < -0.3 is 4.74 Å². The minimum atomic E-state index is -4.09. The van der Waals surface area contributed by atoms with Gasteiger partial charge in [0.2, 0.25) is 0 Å². The van der Waals surface area contributed by atoms with Crippen molar-refractivity contribution in [3.63, 3.8) is 0 Å². The average molecular weight is 340 g/mol. The van der Waals surface area contributed by atoms with Gasteiger partial charge in [-0.15, -0.1) is 0 Å². The molecule has 0 amide bonds. The van der Waals surface area contributed by atoms with Gasteiger partial charge >= 0.3 is 0 Å². The number of hydrogen-bond acceptors (Lipinski definition) is 5. The number of rotatable bonds is 5. The van der Waals surface area contributed by atoms with Gasteiger partial charge in [-0.1, -0.05) is 6.07 Å². The molecule has 1 N–H and O–H groups in total. The summed E-state index contributed by atoms with van der Waals surface area (Å²) in [6.07, 6.45) is 0. The number of anilines is 1. The Morgan fingerprint density at radius 3 is 2.48 bits per heavy atom. The predicted octanol–water partition coefficient (Wildman–Crippen LogP) is 2.85. The Morgan fingerprint density at radius 1 is 1.22 bits per heavy atom. The highest BCUT2D eigenvalue weighted by Gasteiger charge is 2.19. The van der Waals surface area contributed by atoms with E-state index in [-0.39, 0.29) is 22.0 Å². The Balaban J connectivity index is 2.40. The number of hydrogen-bond donors (Lipinski definition) is 1. The van der Waals surface area contributed by atoms with Crippen molar-refractivity contribution in [1.82, 2.24) is 0 Å². The van der Waals surface area contributed by atoms with Crippen LogP contribution in [0.5, 0.6) is 5.75 Å². The standard InChI is InChI=1S/C14H13FN2O5S/c1-9-3-4-10(17(18)19)7-13(9)16-23(20,21)11-5-6-14(22-2)12(15)8-11/h3-8,16H,1-2H3. The summed E-state index contributed by atoms with van der Waals surface area (Å²) in [5.41, 5.74) is 0.290. The Bertz CT molecular complexity index is 867. The minimum Gasteiger partial charge on any atom is -0.494 e. The lowest BCUT2D eigenvalue weighted by Crippen LogP contribution is -2.14. The summed E-state index contributed by atoms with van der Waals surface area (Å²) in [4.78, 5) is 9.83. The van der Waals surface area contributed by atoms with Gasteiger partial charge in [0.1, 0.15) is 0 Å². The largest absolute Gasteiger partial charge is 0.494 e. The molecule has 0 aliphatic heterocycles. The Kier molecular flexibility index (Phi) is 4.50. The van der Waals surface area contributed by atoms with Gasteiger partial charge in [-0.25, -0.2) is 12.8 Å². The SMILES string of the molecule is COc1ccc(S(=O)(=O)Nc2cc([N+](=O)[O-])ccc2C)cc1F. The lowest BCUT2D eigenvalue weighted by atomic mass is 10.2. The molecule has 2 rings (SSSR count). The van der Waals surface area contributed by atoms with Crippen molar-refractivity contribution in [3.8, 4) is 5.75 Å². The van der Waals surface area contributed by atoms with E-state index in [1.807, 2.05) is 0 Å². The maximum Gasteiger partial charge on any atom is 0.271 e. The average Bonchev–Trinajstić information content (AvgIpc) is 2.49. The van der Waals surface area contributed by atoms with Crippen molar-refractivity contribution in [2.75, 3.05) is 11.8 Å². The second-order valence-electron chi connectivity index (χ2n) is 4.66. The van der Waals surface area contributed by atoms with E-state index in [1.165, 1.54) is 31.4 Å². The molecule has 0 aliphatic rings. The second-order valence-corrected chi connectivity index (χ2v) is 6.34. The third kappa shape index (κ3) is 3.57. The first kappa shape index (κ1) is 16.7. The van der Waals surface area contributed by atoms with E-state index >= 15 is 0 Å². The lowest BCUT2D eigenvalue weighted by molar-refractivity contribution is -0.384. The molecule has 0 radical (unpaired) electrons. The van der Waals surface area contributed by atoms with Gasteiger partial charge in [-0.3, -0.25) is 14.8 Å². The van der Waals surface area contributed by atoms with Crippen LogP contribution in [0.4, 0.5) is 15.8 Å². The van der Waals surface area contributed by atoms with Crippen LogP contribution in [0.1, 0.15) is 5.56 Å². The molecule has 0 heterocycles. The van der Waals surface area contributed by atoms with Crippen molar-refractivity contribution in [3.05, 3.63) is 57.9 Å². The second kappa shape index (κ2) is 6.21. The Labute approximate surface area is 131 Å². The first-order valence-electron chi connectivity index (χ1n) is 6.36. The Hall–Kier alpha value is -2.68. The summed E-state index contributed by atoms with van der Waals surface area (Å²) in [5.74, 6) is -0.915. The monoisotopic (exact) mass is 340 g/mol. The summed E-state index contributed by atoms with van der Waals surface area (Å²) in [5, 5.41) is 10.8. The number of nitro groups is 1. The van der Waals surface area contributed by atoms with E-state index in [9.17, 15) is 22.9 Å². The van der Waals surface area contributed by atoms with E-state index < -0.39 is 20.8 Å². The number of ether oxygens (including phenoxy) is 1. The van der Waals surface area contributed by atoms with Crippen LogP contribution in [0.2, 0.25) is 0 Å². The molecular weight excluding hydrogens is 327 g/mol. The van der Waals surface area contributed by atoms with Crippen LogP contribution in [0.3, 0.4) is 0 Å². The number of nitrogens with zero attached hydrogens (tertiary/aromatic N) is 1. The van der Waals surface area contributed by atoms with E-state index in [2.05, 4.69) is 4.72 Å². The zero-order chi connectivity index (χ0) is 17.2. The third-order valence-electron chi connectivity index (χ3n) is 3.11. The summed E-state index contributed by atoms with van der Waals surface area (Å²) >= 11 is 0. The molecule has 23 heavy (non-hydrogen) atoms. The van der Waals surface area contributed by atoms with Crippen molar-refractivity contribution in [1.29, 1.82) is 0 Å². The first-order valence-corrected chi connectivity index (χ1v) is 7.84. The predicted molar refractivity (Wildman–Crippen MR) is 81.6 cm³/mol. The van der Waals surface area contributed by atoms with Crippen molar-refractivity contribution in [2.24, 2.45) is 0 Å². The minimum absolute atomic E-state index is 0.0513. The zero-order valence-corrected chi connectivity index (χ0v) is 13.1. The smallest absolute Gasteiger partial charge is 0.271 e. The molecule has 9 heteroatoms. The normalized spacial score (nSPS) is 11.1. The van der Waals surface area contributed by atoms with Gasteiger partial charge in [-0.2, -0.15) is 0 Å². The summed E-state index contributed by atoms with van der Waals surface area (Å²) in [6.45, 7) is 1.59. The fourth-order valence-corrected chi connectivity index (χ4v) is 2.98. The number of methoxy groups -OCH3 is 1. The topological polar surface area (TPSA) is 98.5 Å². The molecule has 7 nitrogen and oxygen atoms in total. The van der Waals surface area contributed by atoms with Crippen LogP contribution >= 0.6 is 0 Å². The highest BCUT2D eigenvalue weighted by atomic mass is 32.2. The number of aryl methyl sites for hydroxylation is 1. The molecule has 122 valence electrons. The van der Waals surface area contributed by atoms with Crippen LogP contribution in [0.15, 0.2) is 41.3 Å². The van der Waals surface area contributed by atoms with Crippen LogP contribution in [0.25, 0.3) is 0 Å². The molecule has 0 unspecified atom stereocenters. The van der Waals surface area contributed by atoms with Crippen molar-refractivity contribution < 1.29 is 22.5 Å². The van der Waals surface area contributed by atoms with Crippen LogP contribution in [-0.2, 0) is 10.0 Å². The van der Waals surface area contributed by atoms with Gasteiger partial charge in [0, 0.05) is 12.1 Å². The van der Waals surface area contributed by atoms with Crippen molar-refractivity contribution in [2.45, 2.75) is 11.8 Å². The molecule has 0 fully saturated rings. The Morgan fingerprint density at radius 2 is 1.91 bits per heavy atom. The van der Waals surface area contributed by atoms with Crippen LogP contribution in [-0.4, -0.2) is 20.5 Å². The maximum atomic E-state index is 13.7. The highest BCUT2D eigenvalue weighted by Crippen LogP contribution is 2.26. The maximum absolute atomic E-state index is 13.7. The van der Waals surface area contributed by atoms with Gasteiger partial charge in [-0.05, 0) is 30.7 Å². The summed E-state index contributed by atoms with van der Waals surface area (Å²) in [6, 6.07) is 6.96. The molecule has 0 aromatic heterocycles. The summed E-state index contributed by atoms with van der Waals surface area (Å²) in [7, 11) is -2.83. The first-order chi connectivity index (χ1) is 10.7. The molecular formula is C14H13FN2O5S. The number of nitro benzene ring substituents is 1.